The van der Waals surface area contributed by atoms with Gasteiger partial charge in [0.1, 0.15) is 6.61 Å². The van der Waals surface area contributed by atoms with Crippen LogP contribution in [-0.2, 0) is 4.74 Å². The van der Waals surface area contributed by atoms with Crippen LogP contribution in [0.25, 0.3) is 0 Å². The molecule has 78 valence electrons. The maximum atomic E-state index is 12.4. The Morgan fingerprint density at radius 3 is 2.85 bits per heavy atom. The number of ether oxygens (including phenoxy) is 1. The zero-order valence-corrected chi connectivity index (χ0v) is 7.98. The highest BCUT2D eigenvalue weighted by atomic mass is 19.3. The molecule has 0 aromatic rings. The molecule has 1 fully saturated rings. The Morgan fingerprint density at radius 1 is 1.38 bits per heavy atom. The van der Waals surface area contributed by atoms with Gasteiger partial charge in [-0.3, -0.25) is 0 Å². The Labute approximate surface area is 77.6 Å². The van der Waals surface area contributed by atoms with E-state index in [-0.39, 0.29) is 6.10 Å². The lowest BCUT2D eigenvalue weighted by molar-refractivity contribution is -0.0891. The van der Waals surface area contributed by atoms with E-state index in [9.17, 15) is 8.78 Å². The van der Waals surface area contributed by atoms with Crippen molar-refractivity contribution in [3.05, 3.63) is 0 Å². The summed E-state index contributed by atoms with van der Waals surface area (Å²) in [7, 11) is 0. The van der Waals surface area contributed by atoms with E-state index in [1.807, 2.05) is 0 Å². The molecular weight excluding hydrogens is 176 g/mol. The molecule has 2 nitrogen and oxygen atoms in total. The summed E-state index contributed by atoms with van der Waals surface area (Å²) in [5, 5.41) is 3.21. The monoisotopic (exact) mass is 193 g/mol. The van der Waals surface area contributed by atoms with Gasteiger partial charge in [-0.25, -0.2) is 8.78 Å². The van der Waals surface area contributed by atoms with Gasteiger partial charge in [-0.15, -0.1) is 0 Å². The summed E-state index contributed by atoms with van der Waals surface area (Å²) in [6, 6.07) is 0. The molecule has 0 spiro atoms. The highest BCUT2D eigenvalue weighted by molar-refractivity contribution is 4.67. The van der Waals surface area contributed by atoms with Crippen molar-refractivity contribution in [1.82, 2.24) is 5.32 Å². The Kier molecular flexibility index (Phi) is 4.06. The van der Waals surface area contributed by atoms with Crippen LogP contribution < -0.4 is 5.32 Å². The first kappa shape index (κ1) is 10.9. The molecule has 1 N–H and O–H groups in total. The second-order valence-electron chi connectivity index (χ2n) is 3.68. The first-order valence-corrected chi connectivity index (χ1v) is 4.78. The minimum Gasteiger partial charge on any atom is -0.372 e. The van der Waals surface area contributed by atoms with Gasteiger partial charge in [-0.1, -0.05) is 0 Å². The van der Waals surface area contributed by atoms with Crippen LogP contribution in [-0.4, -0.2) is 31.7 Å². The third kappa shape index (κ3) is 5.16. The summed E-state index contributed by atoms with van der Waals surface area (Å²) >= 11 is 0. The van der Waals surface area contributed by atoms with E-state index in [4.69, 9.17) is 4.74 Å². The molecule has 1 rings (SSSR count). The Hall–Kier alpha value is -0.220. The minimum atomic E-state index is -2.69. The average molecular weight is 193 g/mol. The molecule has 1 aliphatic heterocycles. The van der Waals surface area contributed by atoms with E-state index in [2.05, 4.69) is 5.32 Å². The van der Waals surface area contributed by atoms with Crippen molar-refractivity contribution in [3.8, 4) is 0 Å². The van der Waals surface area contributed by atoms with Crippen molar-refractivity contribution in [2.75, 3.05) is 19.7 Å². The van der Waals surface area contributed by atoms with Gasteiger partial charge in [0, 0.05) is 6.92 Å². The quantitative estimate of drug-likeness (QED) is 0.738. The molecule has 1 saturated heterocycles. The molecule has 0 radical (unpaired) electrons. The zero-order chi connectivity index (χ0) is 9.73. The van der Waals surface area contributed by atoms with Gasteiger partial charge in [0.2, 0.25) is 0 Å². The normalized spacial score (nSPS) is 25.6. The van der Waals surface area contributed by atoms with Crippen LogP contribution in [0.5, 0.6) is 0 Å². The number of halogens is 2. The summed E-state index contributed by atoms with van der Waals surface area (Å²) in [6.45, 7) is 2.29. The number of alkyl halides is 2. The van der Waals surface area contributed by atoms with E-state index in [1.54, 1.807) is 0 Å². The largest absolute Gasteiger partial charge is 0.372 e. The molecule has 0 saturated carbocycles. The first-order valence-electron chi connectivity index (χ1n) is 4.78. The van der Waals surface area contributed by atoms with Crippen LogP contribution >= 0.6 is 0 Å². The molecule has 1 heterocycles. The molecule has 1 unspecified atom stereocenters. The topological polar surface area (TPSA) is 21.3 Å². The fraction of sp³-hybridized carbons (Fsp3) is 1.00. The maximum Gasteiger partial charge on any atom is 0.268 e. The van der Waals surface area contributed by atoms with Gasteiger partial charge in [0.15, 0.2) is 0 Å². The summed E-state index contributed by atoms with van der Waals surface area (Å²) < 4.78 is 30.0. The molecule has 0 amide bonds. The highest BCUT2D eigenvalue weighted by Crippen LogP contribution is 2.16. The van der Waals surface area contributed by atoms with Crippen molar-refractivity contribution in [2.24, 2.45) is 0 Å². The van der Waals surface area contributed by atoms with E-state index >= 15 is 0 Å². The zero-order valence-electron chi connectivity index (χ0n) is 7.98. The Morgan fingerprint density at radius 2 is 2.15 bits per heavy atom. The van der Waals surface area contributed by atoms with E-state index in [0.29, 0.717) is 0 Å². The predicted molar refractivity (Wildman–Crippen MR) is 47.1 cm³/mol. The third-order valence-corrected chi connectivity index (χ3v) is 2.10. The van der Waals surface area contributed by atoms with Crippen molar-refractivity contribution in [3.63, 3.8) is 0 Å². The summed E-state index contributed by atoms with van der Waals surface area (Å²) in [4.78, 5) is 0. The standard InChI is InChI=1S/C9H17F2NO/c1-9(10,11)7-13-8-3-2-5-12-6-4-8/h8,12H,2-7H2,1H3. The second-order valence-corrected chi connectivity index (χ2v) is 3.68. The third-order valence-electron chi connectivity index (χ3n) is 2.10. The lowest BCUT2D eigenvalue weighted by Gasteiger charge is -2.18. The van der Waals surface area contributed by atoms with Crippen molar-refractivity contribution in [1.29, 1.82) is 0 Å². The number of hydrogen-bond donors (Lipinski definition) is 1. The summed E-state index contributed by atoms with van der Waals surface area (Å²) in [5.74, 6) is -2.69. The fourth-order valence-corrected chi connectivity index (χ4v) is 1.42. The van der Waals surface area contributed by atoms with Crippen LogP contribution in [0.2, 0.25) is 0 Å². The summed E-state index contributed by atoms with van der Waals surface area (Å²) in [5.41, 5.74) is 0. The fourth-order valence-electron chi connectivity index (χ4n) is 1.42. The second kappa shape index (κ2) is 4.86. The van der Waals surface area contributed by atoms with Gasteiger partial charge in [-0.05, 0) is 32.4 Å². The van der Waals surface area contributed by atoms with Gasteiger partial charge >= 0.3 is 0 Å². The molecule has 1 atom stereocenters. The predicted octanol–water partition coefficient (Wildman–Crippen LogP) is 1.80. The van der Waals surface area contributed by atoms with Crippen LogP contribution in [0.15, 0.2) is 0 Å². The van der Waals surface area contributed by atoms with Gasteiger partial charge in [0.25, 0.3) is 5.92 Å². The number of hydrogen-bond acceptors (Lipinski definition) is 2. The molecule has 4 heteroatoms. The first-order chi connectivity index (χ1) is 6.08. The number of rotatable bonds is 3. The Bertz CT molecular complexity index is 139. The van der Waals surface area contributed by atoms with Crippen molar-refractivity contribution >= 4 is 0 Å². The average Bonchev–Trinajstić information content (AvgIpc) is 2.26. The molecule has 13 heavy (non-hydrogen) atoms. The van der Waals surface area contributed by atoms with Crippen LogP contribution in [0.1, 0.15) is 26.2 Å². The minimum absolute atomic E-state index is 0.0147. The van der Waals surface area contributed by atoms with Gasteiger partial charge in [-0.2, -0.15) is 0 Å². The van der Waals surface area contributed by atoms with E-state index in [1.165, 1.54) is 0 Å². The van der Waals surface area contributed by atoms with E-state index in [0.717, 1.165) is 39.3 Å². The molecule has 1 aliphatic rings. The van der Waals surface area contributed by atoms with E-state index < -0.39 is 12.5 Å². The molecule has 0 aliphatic carbocycles. The lowest BCUT2D eigenvalue weighted by atomic mass is 10.1. The van der Waals surface area contributed by atoms with Crippen molar-refractivity contribution in [2.45, 2.75) is 38.2 Å². The molecule has 0 aromatic carbocycles. The SMILES string of the molecule is CC(F)(F)COC1CCCNCC1. The smallest absolute Gasteiger partial charge is 0.268 e. The van der Waals surface area contributed by atoms with Crippen LogP contribution in [0.3, 0.4) is 0 Å². The van der Waals surface area contributed by atoms with Crippen LogP contribution in [0, 0.1) is 0 Å². The van der Waals surface area contributed by atoms with Crippen molar-refractivity contribution < 1.29 is 13.5 Å². The summed E-state index contributed by atoms with van der Waals surface area (Å²) in [6.07, 6.45) is 2.76. The maximum absolute atomic E-state index is 12.4. The highest BCUT2D eigenvalue weighted by Gasteiger charge is 2.23. The molecule has 0 bridgehead atoms. The lowest BCUT2D eigenvalue weighted by Crippen LogP contribution is -2.25. The van der Waals surface area contributed by atoms with Gasteiger partial charge < -0.3 is 10.1 Å². The molecule has 0 aromatic heterocycles. The van der Waals surface area contributed by atoms with Gasteiger partial charge in [0.05, 0.1) is 6.10 Å². The van der Waals surface area contributed by atoms with Crippen LogP contribution in [0.4, 0.5) is 8.78 Å². The number of nitrogens with one attached hydrogen (secondary N) is 1. The Balaban J connectivity index is 2.19. The molecular formula is C9H17F2NO.